The third-order valence-corrected chi connectivity index (χ3v) is 4.56. The van der Waals surface area contributed by atoms with Gasteiger partial charge in [-0.3, -0.25) is 0 Å². The van der Waals surface area contributed by atoms with Crippen LogP contribution in [0.2, 0.25) is 0 Å². The molecule has 1 atom stereocenters. The second-order valence-corrected chi connectivity index (χ2v) is 7.14. The van der Waals surface area contributed by atoms with Crippen molar-refractivity contribution in [2.75, 3.05) is 6.54 Å². The molecule has 0 aliphatic carbocycles. The van der Waals surface area contributed by atoms with Crippen molar-refractivity contribution in [2.45, 2.75) is 39.8 Å². The van der Waals surface area contributed by atoms with Crippen molar-refractivity contribution in [3.05, 3.63) is 57.3 Å². The van der Waals surface area contributed by atoms with E-state index in [4.69, 9.17) is 5.26 Å². The van der Waals surface area contributed by atoms with Crippen LogP contribution in [0.3, 0.4) is 0 Å². The van der Waals surface area contributed by atoms with Gasteiger partial charge in [0.1, 0.15) is 0 Å². The van der Waals surface area contributed by atoms with Crippen LogP contribution in [-0.4, -0.2) is 18.5 Å². The van der Waals surface area contributed by atoms with Crippen molar-refractivity contribution in [2.24, 2.45) is 4.99 Å². The zero-order valence-electron chi connectivity index (χ0n) is 14.5. The Morgan fingerprint density at radius 3 is 2.58 bits per heavy atom. The first-order chi connectivity index (χ1) is 11.6. The van der Waals surface area contributed by atoms with Crippen LogP contribution in [0.4, 0.5) is 0 Å². The number of hydrogen-bond donors (Lipinski definition) is 2. The molecule has 1 heterocycles. The molecule has 2 rings (SSSR count). The minimum Gasteiger partial charge on any atom is -0.357 e. The van der Waals surface area contributed by atoms with E-state index in [-0.39, 0.29) is 0 Å². The quantitative estimate of drug-likeness (QED) is 0.624. The van der Waals surface area contributed by atoms with Gasteiger partial charge in [-0.05, 0) is 50.6 Å². The fourth-order valence-corrected chi connectivity index (χ4v) is 3.38. The molecule has 5 heteroatoms. The van der Waals surface area contributed by atoms with Gasteiger partial charge < -0.3 is 10.6 Å². The average molecular weight is 340 g/mol. The summed E-state index contributed by atoms with van der Waals surface area (Å²) >= 11 is 1.84. The average Bonchev–Trinajstić information content (AvgIpc) is 2.98. The van der Waals surface area contributed by atoms with Crippen molar-refractivity contribution < 1.29 is 0 Å². The second kappa shape index (κ2) is 9.09. The van der Waals surface area contributed by atoms with Crippen LogP contribution < -0.4 is 10.6 Å². The molecular formula is C19H24N4S. The van der Waals surface area contributed by atoms with Crippen molar-refractivity contribution >= 4 is 17.3 Å². The SMILES string of the molecule is CCNC(=NCc1ccc(C#N)cc1)NC(C)Cc1ccc(C)s1. The second-order valence-electron chi connectivity index (χ2n) is 5.77. The molecule has 2 N–H and O–H groups in total. The van der Waals surface area contributed by atoms with Gasteiger partial charge >= 0.3 is 0 Å². The molecule has 0 amide bonds. The molecule has 0 aliphatic heterocycles. The topological polar surface area (TPSA) is 60.2 Å². The Kier molecular flexibility index (Phi) is 6.83. The molecular weight excluding hydrogens is 316 g/mol. The zero-order chi connectivity index (χ0) is 17.4. The van der Waals surface area contributed by atoms with Gasteiger partial charge in [-0.15, -0.1) is 11.3 Å². The lowest BCUT2D eigenvalue weighted by Gasteiger charge is -2.17. The normalized spacial score (nSPS) is 12.5. The largest absolute Gasteiger partial charge is 0.357 e. The zero-order valence-corrected chi connectivity index (χ0v) is 15.3. The lowest BCUT2D eigenvalue weighted by Crippen LogP contribution is -2.43. The van der Waals surface area contributed by atoms with E-state index in [9.17, 15) is 0 Å². The van der Waals surface area contributed by atoms with Gasteiger partial charge in [0, 0.05) is 28.8 Å². The minimum atomic E-state index is 0.307. The highest BCUT2D eigenvalue weighted by Gasteiger charge is 2.07. The number of thiophene rings is 1. The van der Waals surface area contributed by atoms with Gasteiger partial charge in [0.2, 0.25) is 0 Å². The van der Waals surface area contributed by atoms with Gasteiger partial charge in [-0.25, -0.2) is 4.99 Å². The molecule has 0 saturated carbocycles. The van der Waals surface area contributed by atoms with Gasteiger partial charge in [0.05, 0.1) is 18.2 Å². The van der Waals surface area contributed by atoms with E-state index in [0.717, 1.165) is 24.5 Å². The van der Waals surface area contributed by atoms with Crippen molar-refractivity contribution in [1.29, 1.82) is 5.26 Å². The molecule has 0 aliphatic rings. The summed E-state index contributed by atoms with van der Waals surface area (Å²) in [5, 5.41) is 15.6. The highest BCUT2D eigenvalue weighted by molar-refractivity contribution is 7.11. The van der Waals surface area contributed by atoms with E-state index in [2.05, 4.69) is 54.6 Å². The molecule has 2 aromatic rings. The molecule has 0 spiro atoms. The maximum absolute atomic E-state index is 8.84. The number of rotatable bonds is 6. The molecule has 24 heavy (non-hydrogen) atoms. The van der Waals surface area contributed by atoms with Gasteiger partial charge in [0.15, 0.2) is 5.96 Å². The number of guanidine groups is 1. The lowest BCUT2D eigenvalue weighted by molar-refractivity contribution is 0.645. The molecule has 1 unspecified atom stereocenters. The summed E-state index contributed by atoms with van der Waals surface area (Å²) in [7, 11) is 0. The first kappa shape index (κ1) is 18.0. The Hall–Kier alpha value is -2.32. The molecule has 126 valence electrons. The number of benzene rings is 1. The van der Waals surface area contributed by atoms with Crippen LogP contribution in [0.15, 0.2) is 41.4 Å². The third kappa shape index (κ3) is 5.71. The van der Waals surface area contributed by atoms with Crippen LogP contribution in [0.25, 0.3) is 0 Å². The number of nitrogens with zero attached hydrogens (tertiary/aromatic N) is 2. The van der Waals surface area contributed by atoms with E-state index in [1.807, 2.05) is 35.6 Å². The molecule has 0 fully saturated rings. The Bertz CT molecular complexity index is 710. The summed E-state index contributed by atoms with van der Waals surface area (Å²) in [6.45, 7) is 7.78. The van der Waals surface area contributed by atoms with E-state index >= 15 is 0 Å². The minimum absolute atomic E-state index is 0.307. The highest BCUT2D eigenvalue weighted by atomic mass is 32.1. The first-order valence-corrected chi connectivity index (χ1v) is 9.01. The maximum atomic E-state index is 8.84. The Morgan fingerprint density at radius 2 is 2.00 bits per heavy atom. The van der Waals surface area contributed by atoms with E-state index in [1.54, 1.807) is 0 Å². The van der Waals surface area contributed by atoms with Crippen molar-refractivity contribution in [1.82, 2.24) is 10.6 Å². The fourth-order valence-electron chi connectivity index (χ4n) is 2.36. The van der Waals surface area contributed by atoms with Crippen molar-refractivity contribution in [3.63, 3.8) is 0 Å². The highest BCUT2D eigenvalue weighted by Crippen LogP contribution is 2.16. The monoisotopic (exact) mass is 340 g/mol. The smallest absolute Gasteiger partial charge is 0.191 e. The summed E-state index contributed by atoms with van der Waals surface area (Å²) in [6, 6.07) is 14.3. The van der Waals surface area contributed by atoms with Crippen LogP contribution in [-0.2, 0) is 13.0 Å². The standard InChI is InChI=1S/C19H24N4S/c1-4-21-19(22-13-17-8-6-16(12-20)7-9-17)23-14(2)11-18-10-5-15(3)24-18/h5-10,14H,4,11,13H2,1-3H3,(H2,21,22,23). The van der Waals surface area contributed by atoms with Crippen LogP contribution >= 0.6 is 11.3 Å². The number of aryl methyl sites for hydroxylation is 1. The summed E-state index contributed by atoms with van der Waals surface area (Å²) < 4.78 is 0. The van der Waals surface area contributed by atoms with E-state index < -0.39 is 0 Å². The summed E-state index contributed by atoms with van der Waals surface area (Å²) in [5.41, 5.74) is 1.76. The van der Waals surface area contributed by atoms with Crippen molar-refractivity contribution in [3.8, 4) is 6.07 Å². The summed E-state index contributed by atoms with van der Waals surface area (Å²) in [5.74, 6) is 0.822. The van der Waals surface area contributed by atoms with Crippen LogP contribution in [0, 0.1) is 18.3 Å². The third-order valence-electron chi connectivity index (χ3n) is 3.53. The Morgan fingerprint density at radius 1 is 1.25 bits per heavy atom. The number of nitriles is 1. The molecule has 1 aromatic carbocycles. The first-order valence-electron chi connectivity index (χ1n) is 8.20. The fraction of sp³-hybridized carbons (Fsp3) is 0.368. The number of aliphatic imine (C=N–C) groups is 1. The van der Waals surface area contributed by atoms with E-state index in [1.165, 1.54) is 9.75 Å². The van der Waals surface area contributed by atoms with Gasteiger partial charge in [-0.1, -0.05) is 12.1 Å². The van der Waals surface area contributed by atoms with Crippen LogP contribution in [0.5, 0.6) is 0 Å². The molecule has 0 bridgehead atoms. The predicted octanol–water partition coefficient (Wildman–Crippen LogP) is 3.61. The van der Waals surface area contributed by atoms with Gasteiger partial charge in [0.25, 0.3) is 0 Å². The van der Waals surface area contributed by atoms with Crippen LogP contribution in [0.1, 0.15) is 34.7 Å². The molecule has 0 saturated heterocycles. The van der Waals surface area contributed by atoms with Gasteiger partial charge in [-0.2, -0.15) is 5.26 Å². The number of hydrogen-bond acceptors (Lipinski definition) is 3. The van der Waals surface area contributed by atoms with E-state index in [0.29, 0.717) is 18.2 Å². The predicted molar refractivity (Wildman–Crippen MR) is 101 cm³/mol. The Labute approximate surface area is 148 Å². The molecule has 1 aromatic heterocycles. The summed E-state index contributed by atoms with van der Waals surface area (Å²) in [6.07, 6.45) is 0.986. The number of nitrogens with one attached hydrogen (secondary N) is 2. The molecule has 0 radical (unpaired) electrons. The maximum Gasteiger partial charge on any atom is 0.191 e. The Balaban J connectivity index is 1.95. The summed E-state index contributed by atoms with van der Waals surface area (Å²) in [4.78, 5) is 7.37. The molecule has 4 nitrogen and oxygen atoms in total. The lowest BCUT2D eigenvalue weighted by atomic mass is 10.1.